The Balaban J connectivity index is 2.05. The third kappa shape index (κ3) is 2.35. The van der Waals surface area contributed by atoms with Gasteiger partial charge in [0, 0.05) is 18.4 Å². The zero-order valence-electron chi connectivity index (χ0n) is 9.40. The molecule has 3 nitrogen and oxygen atoms in total. The van der Waals surface area contributed by atoms with Gasteiger partial charge in [-0.25, -0.2) is 0 Å². The van der Waals surface area contributed by atoms with Crippen LogP contribution in [0.4, 0.5) is 0 Å². The van der Waals surface area contributed by atoms with Crippen LogP contribution in [0.15, 0.2) is 18.2 Å². The van der Waals surface area contributed by atoms with E-state index in [1.807, 2.05) is 12.1 Å². The third-order valence-electron chi connectivity index (χ3n) is 2.89. The van der Waals surface area contributed by atoms with Crippen molar-refractivity contribution >= 4 is 5.97 Å². The van der Waals surface area contributed by atoms with E-state index in [9.17, 15) is 4.79 Å². The van der Waals surface area contributed by atoms with Crippen molar-refractivity contribution in [2.45, 2.75) is 38.7 Å². The number of hydrogen-bond donors (Lipinski definition) is 1. The second-order valence-corrected chi connectivity index (χ2v) is 4.27. The van der Waals surface area contributed by atoms with Crippen molar-refractivity contribution in [1.29, 1.82) is 0 Å². The van der Waals surface area contributed by atoms with Crippen molar-refractivity contribution in [3.8, 4) is 5.75 Å². The predicted octanol–water partition coefficient (Wildman–Crippen LogP) is 2.42. The van der Waals surface area contributed by atoms with Gasteiger partial charge in [0.15, 0.2) is 0 Å². The van der Waals surface area contributed by atoms with Gasteiger partial charge < -0.3 is 9.84 Å². The number of fused-ring (bicyclic) bond motifs is 1. The van der Waals surface area contributed by atoms with Crippen molar-refractivity contribution in [3.05, 3.63) is 29.3 Å². The van der Waals surface area contributed by atoms with Crippen LogP contribution in [0.3, 0.4) is 0 Å². The van der Waals surface area contributed by atoms with E-state index in [1.165, 1.54) is 11.1 Å². The molecule has 2 rings (SSSR count). The molecule has 1 aliphatic rings. The van der Waals surface area contributed by atoms with Gasteiger partial charge in [0.2, 0.25) is 0 Å². The number of benzene rings is 1. The van der Waals surface area contributed by atoms with Crippen LogP contribution >= 0.6 is 0 Å². The molecule has 0 fully saturated rings. The van der Waals surface area contributed by atoms with Crippen molar-refractivity contribution in [2.75, 3.05) is 0 Å². The summed E-state index contributed by atoms with van der Waals surface area (Å²) < 4.78 is 5.66. The summed E-state index contributed by atoms with van der Waals surface area (Å²) in [6.07, 6.45) is 2.94. The molecule has 1 N–H and O–H groups in total. The number of aliphatic carboxylic acids is 1. The van der Waals surface area contributed by atoms with Gasteiger partial charge in [0.25, 0.3) is 0 Å². The highest BCUT2D eigenvalue weighted by molar-refractivity contribution is 5.66. The highest BCUT2D eigenvalue weighted by Crippen LogP contribution is 2.31. The fraction of sp³-hybridized carbons (Fsp3) is 0.462. The van der Waals surface area contributed by atoms with E-state index in [4.69, 9.17) is 9.84 Å². The molecule has 86 valence electrons. The van der Waals surface area contributed by atoms with Crippen LogP contribution in [0.1, 0.15) is 30.9 Å². The van der Waals surface area contributed by atoms with E-state index in [0.29, 0.717) is 6.42 Å². The fourth-order valence-electron chi connectivity index (χ4n) is 2.16. The normalized spacial score (nSPS) is 17.9. The molecule has 0 aromatic heterocycles. The molecule has 0 saturated carbocycles. The number of carbonyl (C=O) groups is 1. The van der Waals surface area contributed by atoms with Gasteiger partial charge in [-0.1, -0.05) is 12.1 Å². The molecular weight excluding hydrogens is 204 g/mol. The minimum Gasteiger partial charge on any atom is -0.490 e. The molecule has 0 bridgehead atoms. The number of ether oxygens (including phenoxy) is 1. The molecule has 16 heavy (non-hydrogen) atoms. The lowest BCUT2D eigenvalue weighted by Crippen LogP contribution is -2.05. The Bertz CT molecular complexity index is 398. The minimum atomic E-state index is -0.725. The molecule has 1 unspecified atom stereocenters. The molecule has 0 aliphatic carbocycles. The van der Waals surface area contributed by atoms with Crippen LogP contribution in [-0.4, -0.2) is 17.2 Å². The predicted molar refractivity (Wildman–Crippen MR) is 60.8 cm³/mol. The van der Waals surface area contributed by atoms with Gasteiger partial charge in [-0.05, 0) is 31.4 Å². The van der Waals surface area contributed by atoms with Crippen LogP contribution in [-0.2, 0) is 17.6 Å². The molecule has 1 aromatic rings. The average Bonchev–Trinajstić information content (AvgIpc) is 2.58. The molecule has 3 heteroatoms. The summed E-state index contributed by atoms with van der Waals surface area (Å²) in [5, 5.41) is 8.60. The molecule has 0 amide bonds. The smallest absolute Gasteiger partial charge is 0.303 e. The molecule has 0 radical (unpaired) electrons. The van der Waals surface area contributed by atoms with Gasteiger partial charge >= 0.3 is 5.97 Å². The molecule has 0 saturated heterocycles. The summed E-state index contributed by atoms with van der Waals surface area (Å²) in [5.74, 6) is 0.248. The van der Waals surface area contributed by atoms with Gasteiger partial charge in [-0.3, -0.25) is 4.79 Å². The van der Waals surface area contributed by atoms with E-state index in [1.54, 1.807) is 0 Å². The van der Waals surface area contributed by atoms with Crippen molar-refractivity contribution in [1.82, 2.24) is 0 Å². The number of hydrogen-bond acceptors (Lipinski definition) is 2. The van der Waals surface area contributed by atoms with Gasteiger partial charge in [0.05, 0.1) is 0 Å². The van der Waals surface area contributed by atoms with Gasteiger partial charge in [-0.15, -0.1) is 0 Å². The molecule has 1 aromatic carbocycles. The monoisotopic (exact) mass is 220 g/mol. The van der Waals surface area contributed by atoms with Crippen LogP contribution in [0.2, 0.25) is 0 Å². The highest BCUT2D eigenvalue weighted by atomic mass is 16.5. The number of rotatable bonds is 4. The Kier molecular flexibility index (Phi) is 3.13. The summed E-state index contributed by atoms with van der Waals surface area (Å²) in [5.41, 5.74) is 2.50. The molecule has 1 atom stereocenters. The molecule has 1 aliphatic heterocycles. The first-order valence-corrected chi connectivity index (χ1v) is 5.66. The first-order valence-electron chi connectivity index (χ1n) is 5.66. The van der Waals surface area contributed by atoms with Crippen LogP contribution < -0.4 is 4.74 Å². The summed E-state index contributed by atoms with van der Waals surface area (Å²) in [4.78, 5) is 10.5. The Morgan fingerprint density at radius 2 is 2.38 bits per heavy atom. The summed E-state index contributed by atoms with van der Waals surface area (Å²) >= 11 is 0. The fourth-order valence-corrected chi connectivity index (χ4v) is 2.16. The first kappa shape index (κ1) is 11.0. The Hall–Kier alpha value is -1.51. The molecule has 0 spiro atoms. The number of aryl methyl sites for hydroxylation is 1. The van der Waals surface area contributed by atoms with Crippen LogP contribution in [0.5, 0.6) is 5.75 Å². The van der Waals surface area contributed by atoms with E-state index in [2.05, 4.69) is 13.0 Å². The zero-order chi connectivity index (χ0) is 11.5. The van der Waals surface area contributed by atoms with Gasteiger partial charge in [0.1, 0.15) is 11.9 Å². The van der Waals surface area contributed by atoms with Crippen molar-refractivity contribution in [3.63, 3.8) is 0 Å². The van der Waals surface area contributed by atoms with Gasteiger partial charge in [-0.2, -0.15) is 0 Å². The summed E-state index contributed by atoms with van der Waals surface area (Å²) in [6.45, 7) is 2.06. The lowest BCUT2D eigenvalue weighted by Gasteiger charge is -2.05. The topological polar surface area (TPSA) is 46.5 Å². The number of carboxylic acid groups (broad SMARTS) is 1. The quantitative estimate of drug-likeness (QED) is 0.847. The van der Waals surface area contributed by atoms with E-state index in [0.717, 1.165) is 18.6 Å². The maximum atomic E-state index is 10.5. The Morgan fingerprint density at radius 1 is 1.56 bits per heavy atom. The maximum Gasteiger partial charge on any atom is 0.303 e. The Morgan fingerprint density at radius 3 is 3.12 bits per heavy atom. The van der Waals surface area contributed by atoms with Crippen LogP contribution in [0, 0.1) is 0 Å². The SMILES string of the molecule is CC1Cc2c(CCCC(=O)O)cccc2O1. The van der Waals surface area contributed by atoms with E-state index in [-0.39, 0.29) is 12.5 Å². The maximum absolute atomic E-state index is 10.5. The average molecular weight is 220 g/mol. The standard InChI is InChI=1S/C13H16O3/c1-9-8-11-10(5-3-7-13(14)15)4-2-6-12(11)16-9/h2,4,6,9H,3,5,7-8H2,1H3,(H,14,15). The third-order valence-corrected chi connectivity index (χ3v) is 2.89. The summed E-state index contributed by atoms with van der Waals surface area (Å²) in [7, 11) is 0. The first-order chi connectivity index (χ1) is 7.66. The van der Waals surface area contributed by atoms with Crippen molar-refractivity contribution < 1.29 is 14.6 Å². The minimum absolute atomic E-state index is 0.236. The largest absolute Gasteiger partial charge is 0.490 e. The lowest BCUT2D eigenvalue weighted by atomic mass is 9.99. The lowest BCUT2D eigenvalue weighted by molar-refractivity contribution is -0.137. The highest BCUT2D eigenvalue weighted by Gasteiger charge is 2.21. The van der Waals surface area contributed by atoms with Crippen molar-refractivity contribution in [2.24, 2.45) is 0 Å². The van der Waals surface area contributed by atoms with Crippen LogP contribution in [0.25, 0.3) is 0 Å². The van der Waals surface area contributed by atoms with E-state index < -0.39 is 5.97 Å². The Labute approximate surface area is 95.0 Å². The number of carboxylic acids is 1. The molecular formula is C13H16O3. The van der Waals surface area contributed by atoms with E-state index >= 15 is 0 Å². The summed E-state index contributed by atoms with van der Waals surface area (Å²) in [6, 6.07) is 6.04. The zero-order valence-corrected chi connectivity index (χ0v) is 9.40. The molecule has 1 heterocycles. The second kappa shape index (κ2) is 4.56. The second-order valence-electron chi connectivity index (χ2n) is 4.27.